The lowest BCUT2D eigenvalue weighted by atomic mass is 9.83. The van der Waals surface area contributed by atoms with Gasteiger partial charge in [0.05, 0.1) is 12.2 Å². The molecular formula is C23H30O7. The molecule has 0 bridgehead atoms. The maximum absolute atomic E-state index is 12.3. The predicted molar refractivity (Wildman–Crippen MR) is 111 cm³/mol. The molecule has 1 unspecified atom stereocenters. The van der Waals surface area contributed by atoms with Gasteiger partial charge in [-0.05, 0) is 41.5 Å². The number of carboxylic acid groups (broad SMARTS) is 1. The van der Waals surface area contributed by atoms with Gasteiger partial charge in [0.2, 0.25) is 0 Å². The lowest BCUT2D eigenvalue weighted by Gasteiger charge is -2.26. The Morgan fingerprint density at radius 2 is 1.90 bits per heavy atom. The minimum Gasteiger partial charge on any atom is -0.478 e. The molecule has 0 aliphatic carbocycles. The Bertz CT molecular complexity index is 817. The Hall–Kier alpha value is -2.67. The maximum atomic E-state index is 12.3. The second kappa shape index (κ2) is 9.89. The number of aromatic carboxylic acids is 1. The summed E-state index contributed by atoms with van der Waals surface area (Å²) in [5.41, 5.74) is -0.411. The molecule has 30 heavy (non-hydrogen) atoms. The first-order valence-corrected chi connectivity index (χ1v) is 10.1. The molecule has 1 aliphatic heterocycles. The van der Waals surface area contributed by atoms with Crippen LogP contribution >= 0.6 is 0 Å². The van der Waals surface area contributed by atoms with E-state index in [2.05, 4.69) is 27.7 Å². The fourth-order valence-corrected chi connectivity index (χ4v) is 3.71. The first kappa shape index (κ1) is 23.6. The number of carbonyl (C=O) groups excluding carboxylic acids is 2. The third-order valence-corrected chi connectivity index (χ3v) is 5.46. The normalized spacial score (nSPS) is 20.3. The number of cyclic esters (lactones) is 1. The van der Waals surface area contributed by atoms with Crippen molar-refractivity contribution in [2.24, 2.45) is 17.8 Å². The van der Waals surface area contributed by atoms with Crippen molar-refractivity contribution in [3.8, 4) is 0 Å². The van der Waals surface area contributed by atoms with Crippen LogP contribution in [0.1, 0.15) is 56.5 Å². The first-order chi connectivity index (χ1) is 14.1. The first-order valence-electron chi connectivity index (χ1n) is 10.1. The highest BCUT2D eigenvalue weighted by Crippen LogP contribution is 2.33. The van der Waals surface area contributed by atoms with Gasteiger partial charge in [0, 0.05) is 18.4 Å². The standard InChI is InChI=1S/C23H30O7/c1-14(2)19(15(3)4)10-20(25)29-13-23(12-24)11-18(22(28)30-23)9-16-6-5-7-17(8-16)21(26)27/h5-9,14-15,19,24H,10-13H2,1-4H3,(H,26,27)/b18-9+. The molecule has 0 spiro atoms. The maximum Gasteiger partial charge on any atom is 0.335 e. The smallest absolute Gasteiger partial charge is 0.335 e. The fourth-order valence-electron chi connectivity index (χ4n) is 3.71. The van der Waals surface area contributed by atoms with E-state index in [0.29, 0.717) is 17.4 Å². The summed E-state index contributed by atoms with van der Waals surface area (Å²) in [5, 5.41) is 18.9. The number of esters is 2. The van der Waals surface area contributed by atoms with Crippen LogP contribution in [0, 0.1) is 17.8 Å². The topological polar surface area (TPSA) is 110 Å². The van der Waals surface area contributed by atoms with E-state index in [4.69, 9.17) is 14.6 Å². The minimum absolute atomic E-state index is 0.0602. The fraction of sp³-hybridized carbons (Fsp3) is 0.522. The lowest BCUT2D eigenvalue weighted by Crippen LogP contribution is -2.39. The van der Waals surface area contributed by atoms with Crippen LogP contribution in [0.3, 0.4) is 0 Å². The van der Waals surface area contributed by atoms with Crippen molar-refractivity contribution in [3.05, 3.63) is 41.0 Å². The number of carbonyl (C=O) groups is 3. The Morgan fingerprint density at radius 3 is 2.47 bits per heavy atom. The molecule has 1 atom stereocenters. The van der Waals surface area contributed by atoms with E-state index in [1.54, 1.807) is 12.1 Å². The van der Waals surface area contributed by atoms with Gasteiger partial charge in [-0.25, -0.2) is 9.59 Å². The zero-order valence-corrected chi connectivity index (χ0v) is 17.9. The van der Waals surface area contributed by atoms with Gasteiger partial charge in [0.15, 0.2) is 5.60 Å². The summed E-state index contributed by atoms with van der Waals surface area (Å²) in [4.78, 5) is 35.8. The van der Waals surface area contributed by atoms with E-state index in [-0.39, 0.29) is 36.5 Å². The van der Waals surface area contributed by atoms with Crippen molar-refractivity contribution >= 4 is 24.0 Å². The number of carboxylic acids is 1. The highest BCUT2D eigenvalue weighted by atomic mass is 16.6. The summed E-state index contributed by atoms with van der Waals surface area (Å²) < 4.78 is 10.7. The minimum atomic E-state index is -1.33. The molecule has 1 fully saturated rings. The van der Waals surface area contributed by atoms with Crippen molar-refractivity contribution < 1.29 is 34.1 Å². The molecule has 1 aromatic carbocycles. The summed E-state index contributed by atoms with van der Waals surface area (Å²) in [6.45, 7) is 7.51. The summed E-state index contributed by atoms with van der Waals surface area (Å²) in [6.07, 6.45) is 1.85. The third-order valence-electron chi connectivity index (χ3n) is 5.46. The molecule has 1 heterocycles. The Labute approximate surface area is 176 Å². The molecule has 7 nitrogen and oxygen atoms in total. The summed E-state index contributed by atoms with van der Waals surface area (Å²) in [7, 11) is 0. The zero-order valence-electron chi connectivity index (χ0n) is 17.9. The van der Waals surface area contributed by atoms with E-state index in [1.165, 1.54) is 18.2 Å². The summed E-state index contributed by atoms with van der Waals surface area (Å²) in [6, 6.07) is 6.15. The number of benzene rings is 1. The molecule has 2 N–H and O–H groups in total. The summed E-state index contributed by atoms with van der Waals surface area (Å²) in [5.74, 6) is -1.26. The number of ether oxygens (including phenoxy) is 2. The second-order valence-electron chi connectivity index (χ2n) is 8.52. The van der Waals surface area contributed by atoms with Crippen molar-refractivity contribution in [3.63, 3.8) is 0 Å². The van der Waals surface area contributed by atoms with E-state index in [0.717, 1.165) is 0 Å². The molecule has 0 amide bonds. The molecule has 7 heteroatoms. The molecule has 0 radical (unpaired) electrons. The molecule has 1 saturated heterocycles. The monoisotopic (exact) mass is 418 g/mol. The van der Waals surface area contributed by atoms with Crippen LogP contribution in [-0.2, 0) is 19.1 Å². The highest BCUT2D eigenvalue weighted by Gasteiger charge is 2.44. The number of hydrogen-bond acceptors (Lipinski definition) is 6. The number of rotatable bonds is 9. The van der Waals surface area contributed by atoms with E-state index < -0.39 is 30.1 Å². The quantitative estimate of drug-likeness (QED) is 0.468. The largest absolute Gasteiger partial charge is 0.478 e. The van der Waals surface area contributed by atoms with Crippen molar-refractivity contribution in [1.82, 2.24) is 0 Å². The van der Waals surface area contributed by atoms with Crippen LogP contribution < -0.4 is 0 Å². The SMILES string of the molecule is CC(C)C(CC(=O)OCC1(CO)C/C(=C\c2cccc(C(=O)O)c2)C(=O)O1)C(C)C. The Kier molecular flexibility index (Phi) is 7.78. The molecule has 1 aromatic rings. The number of aliphatic hydroxyl groups is 1. The van der Waals surface area contributed by atoms with Gasteiger partial charge in [0.1, 0.15) is 6.61 Å². The van der Waals surface area contributed by atoms with Crippen molar-refractivity contribution in [1.29, 1.82) is 0 Å². The van der Waals surface area contributed by atoms with Crippen molar-refractivity contribution in [2.75, 3.05) is 13.2 Å². The second-order valence-corrected chi connectivity index (χ2v) is 8.52. The average molecular weight is 418 g/mol. The Morgan fingerprint density at radius 1 is 1.23 bits per heavy atom. The van der Waals surface area contributed by atoms with Gasteiger partial charge in [-0.2, -0.15) is 0 Å². The van der Waals surface area contributed by atoms with Crippen LogP contribution in [0.25, 0.3) is 6.08 Å². The zero-order chi connectivity index (χ0) is 22.5. The average Bonchev–Trinajstić information content (AvgIpc) is 3.00. The predicted octanol–water partition coefficient (Wildman–Crippen LogP) is 3.31. The molecule has 0 saturated carbocycles. The van der Waals surface area contributed by atoms with E-state index in [1.807, 2.05) is 0 Å². The van der Waals surface area contributed by atoms with Gasteiger partial charge in [-0.3, -0.25) is 4.79 Å². The van der Waals surface area contributed by atoms with E-state index >= 15 is 0 Å². The van der Waals surface area contributed by atoms with Gasteiger partial charge in [-0.1, -0.05) is 39.8 Å². The molecule has 1 aliphatic rings. The number of hydrogen-bond donors (Lipinski definition) is 2. The lowest BCUT2D eigenvalue weighted by molar-refractivity contribution is -0.167. The molecule has 164 valence electrons. The van der Waals surface area contributed by atoms with Gasteiger partial charge in [0.25, 0.3) is 0 Å². The highest BCUT2D eigenvalue weighted by molar-refractivity contribution is 5.97. The van der Waals surface area contributed by atoms with Crippen LogP contribution in [0.4, 0.5) is 0 Å². The molecular weight excluding hydrogens is 388 g/mol. The van der Waals surface area contributed by atoms with Crippen LogP contribution in [0.5, 0.6) is 0 Å². The van der Waals surface area contributed by atoms with Crippen LogP contribution in [-0.4, -0.2) is 46.9 Å². The van der Waals surface area contributed by atoms with Crippen molar-refractivity contribution in [2.45, 2.75) is 46.1 Å². The van der Waals surface area contributed by atoms with Crippen LogP contribution in [0.15, 0.2) is 29.8 Å². The molecule has 0 aromatic heterocycles. The summed E-state index contributed by atoms with van der Waals surface area (Å²) >= 11 is 0. The van der Waals surface area contributed by atoms with Gasteiger partial charge >= 0.3 is 17.9 Å². The van der Waals surface area contributed by atoms with E-state index in [9.17, 15) is 19.5 Å². The third kappa shape index (κ3) is 5.92. The Balaban J connectivity index is 2.08. The molecule has 2 rings (SSSR count). The van der Waals surface area contributed by atoms with Gasteiger partial charge in [-0.15, -0.1) is 0 Å². The van der Waals surface area contributed by atoms with Gasteiger partial charge < -0.3 is 19.7 Å². The van der Waals surface area contributed by atoms with Crippen LogP contribution in [0.2, 0.25) is 0 Å². The number of aliphatic hydroxyl groups excluding tert-OH is 1.